The Hall–Kier alpha value is -0.320. The van der Waals surface area contributed by atoms with Crippen LogP contribution in [0.2, 0.25) is 0 Å². The Morgan fingerprint density at radius 2 is 2.18 bits per heavy atom. The molecule has 2 aliphatic heterocycles. The molecule has 2 heterocycles. The van der Waals surface area contributed by atoms with Crippen molar-refractivity contribution in [1.29, 1.82) is 0 Å². The van der Waals surface area contributed by atoms with Gasteiger partial charge in [-0.05, 0) is 32.1 Å². The lowest BCUT2D eigenvalue weighted by atomic mass is 10.0. The Labute approximate surface area is 109 Å². The molecule has 17 heavy (non-hydrogen) atoms. The lowest BCUT2D eigenvalue weighted by Gasteiger charge is -2.23. The highest BCUT2D eigenvalue weighted by Gasteiger charge is 2.24. The van der Waals surface area contributed by atoms with Gasteiger partial charge in [0.05, 0.1) is 6.10 Å². The van der Waals surface area contributed by atoms with Gasteiger partial charge in [-0.2, -0.15) is 0 Å². The Kier molecular flexibility index (Phi) is 6.23. The van der Waals surface area contributed by atoms with Crippen molar-refractivity contribution in [2.24, 2.45) is 5.73 Å². The SMILES string of the molecule is Cl.N[C@H]1CCN(C(=O)CCC2CCCCO2)C1. The fraction of sp³-hybridized carbons (Fsp3) is 0.917. The van der Waals surface area contributed by atoms with Gasteiger partial charge in [0.15, 0.2) is 0 Å². The van der Waals surface area contributed by atoms with E-state index in [0.717, 1.165) is 39.0 Å². The van der Waals surface area contributed by atoms with E-state index in [9.17, 15) is 4.79 Å². The number of carbonyl (C=O) groups is 1. The molecule has 1 amide bonds. The second-order valence-electron chi connectivity index (χ2n) is 4.92. The first-order chi connectivity index (χ1) is 7.75. The summed E-state index contributed by atoms with van der Waals surface area (Å²) in [6.07, 6.45) is 6.30. The monoisotopic (exact) mass is 262 g/mol. The molecule has 0 saturated carbocycles. The van der Waals surface area contributed by atoms with Crippen LogP contribution >= 0.6 is 12.4 Å². The smallest absolute Gasteiger partial charge is 0.222 e. The van der Waals surface area contributed by atoms with Gasteiger partial charge in [-0.3, -0.25) is 4.79 Å². The highest BCUT2D eigenvalue weighted by atomic mass is 35.5. The predicted molar refractivity (Wildman–Crippen MR) is 69.2 cm³/mol. The van der Waals surface area contributed by atoms with Crippen molar-refractivity contribution in [3.63, 3.8) is 0 Å². The van der Waals surface area contributed by atoms with E-state index in [-0.39, 0.29) is 24.4 Å². The number of ether oxygens (including phenoxy) is 1. The fourth-order valence-corrected chi connectivity index (χ4v) is 2.49. The lowest BCUT2D eigenvalue weighted by Crippen LogP contribution is -2.32. The van der Waals surface area contributed by atoms with Crippen LogP contribution in [0.15, 0.2) is 0 Å². The summed E-state index contributed by atoms with van der Waals surface area (Å²) in [5.74, 6) is 0.252. The van der Waals surface area contributed by atoms with Crippen LogP contribution < -0.4 is 5.73 Å². The molecule has 0 bridgehead atoms. The van der Waals surface area contributed by atoms with Crippen LogP contribution in [0.3, 0.4) is 0 Å². The maximum Gasteiger partial charge on any atom is 0.222 e. The second kappa shape index (κ2) is 7.19. The van der Waals surface area contributed by atoms with Gasteiger partial charge in [0.2, 0.25) is 5.91 Å². The Morgan fingerprint density at radius 1 is 1.35 bits per heavy atom. The van der Waals surface area contributed by atoms with E-state index in [0.29, 0.717) is 12.5 Å². The van der Waals surface area contributed by atoms with Gasteiger partial charge in [-0.1, -0.05) is 0 Å². The average molecular weight is 263 g/mol. The number of carbonyl (C=O) groups excluding carboxylic acids is 1. The summed E-state index contributed by atoms with van der Waals surface area (Å²) in [6, 6.07) is 0.190. The third-order valence-electron chi connectivity index (χ3n) is 3.53. The number of rotatable bonds is 3. The maximum absolute atomic E-state index is 11.8. The minimum atomic E-state index is 0. The Bertz CT molecular complexity index is 245. The summed E-state index contributed by atoms with van der Waals surface area (Å²) in [6.45, 7) is 2.45. The average Bonchev–Trinajstić information content (AvgIpc) is 2.74. The first-order valence-corrected chi connectivity index (χ1v) is 6.40. The van der Waals surface area contributed by atoms with Gasteiger partial charge in [0.25, 0.3) is 0 Å². The van der Waals surface area contributed by atoms with E-state index in [1.165, 1.54) is 12.8 Å². The van der Waals surface area contributed by atoms with Crippen LogP contribution in [0.1, 0.15) is 38.5 Å². The molecule has 0 aromatic rings. The number of likely N-dealkylation sites (tertiary alicyclic amines) is 1. The van der Waals surface area contributed by atoms with E-state index < -0.39 is 0 Å². The molecule has 2 atom stereocenters. The molecule has 1 unspecified atom stereocenters. The molecular weight excluding hydrogens is 240 g/mol. The Balaban J connectivity index is 0.00000144. The molecule has 5 heteroatoms. The minimum absolute atomic E-state index is 0. The van der Waals surface area contributed by atoms with Crippen molar-refractivity contribution < 1.29 is 9.53 Å². The maximum atomic E-state index is 11.8. The lowest BCUT2D eigenvalue weighted by molar-refractivity contribution is -0.131. The quantitative estimate of drug-likeness (QED) is 0.835. The zero-order valence-electron chi connectivity index (χ0n) is 10.3. The molecule has 100 valence electrons. The molecule has 2 fully saturated rings. The molecule has 2 N–H and O–H groups in total. The fourth-order valence-electron chi connectivity index (χ4n) is 2.49. The molecule has 4 nitrogen and oxygen atoms in total. The summed E-state index contributed by atoms with van der Waals surface area (Å²) < 4.78 is 5.62. The van der Waals surface area contributed by atoms with Gasteiger partial charge < -0.3 is 15.4 Å². The molecule has 0 aromatic carbocycles. The van der Waals surface area contributed by atoms with E-state index >= 15 is 0 Å². The molecule has 0 aliphatic carbocycles. The van der Waals surface area contributed by atoms with Crippen molar-refractivity contribution in [2.45, 2.75) is 50.7 Å². The third kappa shape index (κ3) is 4.45. The van der Waals surface area contributed by atoms with Crippen molar-refractivity contribution in [1.82, 2.24) is 4.90 Å². The second-order valence-corrected chi connectivity index (χ2v) is 4.92. The molecule has 2 saturated heterocycles. The van der Waals surface area contributed by atoms with Gasteiger partial charge in [0.1, 0.15) is 0 Å². The number of nitrogens with zero attached hydrogens (tertiary/aromatic N) is 1. The molecule has 2 aliphatic rings. The van der Waals surface area contributed by atoms with Gasteiger partial charge in [-0.15, -0.1) is 12.4 Å². The van der Waals surface area contributed by atoms with Crippen molar-refractivity contribution in [3.05, 3.63) is 0 Å². The normalized spacial score (nSPS) is 28.9. The van der Waals surface area contributed by atoms with Crippen LogP contribution in [0, 0.1) is 0 Å². The standard InChI is InChI=1S/C12H22N2O2.ClH/c13-10-6-7-14(9-10)12(15)5-4-11-3-1-2-8-16-11;/h10-11H,1-9,13H2;1H/t10-,11?;/m0./s1. The highest BCUT2D eigenvalue weighted by Crippen LogP contribution is 2.18. The zero-order valence-corrected chi connectivity index (χ0v) is 11.1. The predicted octanol–water partition coefficient (Wildman–Crippen LogP) is 1.32. The van der Waals surface area contributed by atoms with E-state index in [1.54, 1.807) is 0 Å². The summed E-state index contributed by atoms with van der Waals surface area (Å²) in [7, 11) is 0. The first kappa shape index (κ1) is 14.7. The topological polar surface area (TPSA) is 55.6 Å². The molecule has 2 rings (SSSR count). The highest BCUT2D eigenvalue weighted by molar-refractivity contribution is 5.85. The summed E-state index contributed by atoms with van der Waals surface area (Å²) in [4.78, 5) is 13.7. The van der Waals surface area contributed by atoms with Gasteiger partial charge in [-0.25, -0.2) is 0 Å². The van der Waals surface area contributed by atoms with Crippen LogP contribution in [-0.4, -0.2) is 42.6 Å². The molecule has 0 radical (unpaired) electrons. The van der Waals surface area contributed by atoms with E-state index in [4.69, 9.17) is 10.5 Å². The molecule has 0 spiro atoms. The van der Waals surface area contributed by atoms with Gasteiger partial charge in [0, 0.05) is 32.2 Å². The van der Waals surface area contributed by atoms with Crippen LogP contribution in [0.4, 0.5) is 0 Å². The van der Waals surface area contributed by atoms with Crippen molar-refractivity contribution in [2.75, 3.05) is 19.7 Å². The van der Waals surface area contributed by atoms with Crippen LogP contribution in [0.25, 0.3) is 0 Å². The zero-order chi connectivity index (χ0) is 11.4. The molecule has 0 aromatic heterocycles. The van der Waals surface area contributed by atoms with Crippen LogP contribution in [0.5, 0.6) is 0 Å². The van der Waals surface area contributed by atoms with E-state index in [2.05, 4.69) is 0 Å². The minimum Gasteiger partial charge on any atom is -0.378 e. The summed E-state index contributed by atoms with van der Waals surface area (Å²) in [5.41, 5.74) is 5.78. The van der Waals surface area contributed by atoms with Crippen LogP contribution in [-0.2, 0) is 9.53 Å². The summed E-state index contributed by atoms with van der Waals surface area (Å²) in [5, 5.41) is 0. The van der Waals surface area contributed by atoms with Crippen molar-refractivity contribution in [3.8, 4) is 0 Å². The largest absolute Gasteiger partial charge is 0.378 e. The number of hydrogen-bond donors (Lipinski definition) is 1. The number of amides is 1. The number of hydrogen-bond acceptors (Lipinski definition) is 3. The number of halogens is 1. The molecular formula is C12H23ClN2O2. The Morgan fingerprint density at radius 3 is 2.76 bits per heavy atom. The number of nitrogens with two attached hydrogens (primary N) is 1. The third-order valence-corrected chi connectivity index (χ3v) is 3.53. The van der Waals surface area contributed by atoms with E-state index in [1.807, 2.05) is 4.90 Å². The summed E-state index contributed by atoms with van der Waals surface area (Å²) >= 11 is 0. The first-order valence-electron chi connectivity index (χ1n) is 6.40. The van der Waals surface area contributed by atoms with Gasteiger partial charge >= 0.3 is 0 Å². The van der Waals surface area contributed by atoms with Crippen molar-refractivity contribution >= 4 is 18.3 Å².